The number of anilines is 1. The highest BCUT2D eigenvalue weighted by Crippen LogP contribution is 2.18. The highest BCUT2D eigenvalue weighted by Gasteiger charge is 1.97. The minimum atomic E-state index is -1.37. The first-order valence-corrected chi connectivity index (χ1v) is 4.77. The van der Waals surface area contributed by atoms with Crippen molar-refractivity contribution in [2.75, 3.05) is 5.32 Å². The molecule has 4 heteroatoms. The van der Waals surface area contributed by atoms with Crippen LogP contribution < -0.4 is 10.4 Å². The molecule has 0 saturated heterocycles. The number of hydrogen-bond donors (Lipinski definition) is 1. The van der Waals surface area contributed by atoms with Crippen molar-refractivity contribution in [3.8, 4) is 11.8 Å². The second-order valence-electron chi connectivity index (χ2n) is 2.80. The molecule has 78 valence electrons. The van der Waals surface area contributed by atoms with Crippen LogP contribution in [0, 0.1) is 11.8 Å². The lowest BCUT2D eigenvalue weighted by Gasteiger charge is -2.07. The third kappa shape index (κ3) is 3.92. The molecule has 0 spiro atoms. The minimum Gasteiger partial charge on any atom is -0.530 e. The monoisotopic (exact) mass is 222 g/mol. The van der Waals surface area contributed by atoms with Crippen molar-refractivity contribution in [2.24, 2.45) is 0 Å². The van der Waals surface area contributed by atoms with Gasteiger partial charge in [-0.2, -0.15) is 0 Å². The molecule has 0 aliphatic heterocycles. The van der Waals surface area contributed by atoms with Gasteiger partial charge >= 0.3 is 0 Å². The van der Waals surface area contributed by atoms with Gasteiger partial charge in [0.1, 0.15) is 6.09 Å². The molecule has 1 rings (SSSR count). The Morgan fingerprint density at radius 3 is 2.87 bits per heavy atom. The predicted molar refractivity (Wildman–Crippen MR) is 57.6 cm³/mol. The van der Waals surface area contributed by atoms with Crippen LogP contribution in [0.5, 0.6) is 0 Å². The van der Waals surface area contributed by atoms with Crippen LogP contribution in [0.2, 0.25) is 5.02 Å². The van der Waals surface area contributed by atoms with E-state index in [0.29, 0.717) is 16.3 Å². The molecule has 15 heavy (non-hydrogen) atoms. The molecular weight excluding hydrogens is 214 g/mol. The van der Waals surface area contributed by atoms with E-state index in [-0.39, 0.29) is 0 Å². The molecule has 3 nitrogen and oxygen atoms in total. The fraction of sp³-hybridized carbons (Fsp3) is 0.182. The molecular formula is C11H9ClNO2-. The maximum Gasteiger partial charge on any atom is 0.138 e. The lowest BCUT2D eigenvalue weighted by atomic mass is 10.2. The highest BCUT2D eigenvalue weighted by molar-refractivity contribution is 6.31. The molecule has 1 N–H and O–H groups in total. The van der Waals surface area contributed by atoms with Gasteiger partial charge in [0.2, 0.25) is 0 Å². The van der Waals surface area contributed by atoms with Gasteiger partial charge < -0.3 is 15.2 Å². The quantitative estimate of drug-likeness (QED) is 0.738. The summed E-state index contributed by atoms with van der Waals surface area (Å²) in [6.45, 7) is 1.93. The number of hydrogen-bond acceptors (Lipinski definition) is 2. The molecule has 0 fully saturated rings. The van der Waals surface area contributed by atoms with Crippen LogP contribution in [0.25, 0.3) is 0 Å². The molecule has 1 aromatic rings. The summed E-state index contributed by atoms with van der Waals surface area (Å²) in [6, 6.07) is 4.77. The van der Waals surface area contributed by atoms with Crippen LogP contribution in [-0.4, -0.2) is 6.09 Å². The predicted octanol–water partition coefficient (Wildman–Crippen LogP) is 1.86. The van der Waals surface area contributed by atoms with Crippen LogP contribution in [0.15, 0.2) is 18.2 Å². The van der Waals surface area contributed by atoms with Crippen molar-refractivity contribution in [3.63, 3.8) is 0 Å². The molecule has 0 unspecified atom stereocenters. The Labute approximate surface area is 93.1 Å². The number of carbonyl (C=O) groups excluding carboxylic acids is 1. The number of amides is 1. The van der Waals surface area contributed by atoms with Gasteiger partial charge in [0.25, 0.3) is 0 Å². The molecule has 0 saturated carbocycles. The Kier molecular flexibility index (Phi) is 4.02. The Morgan fingerprint density at radius 1 is 1.53 bits per heavy atom. The summed E-state index contributed by atoms with van der Waals surface area (Å²) in [6.07, 6.45) is -0.637. The zero-order valence-corrected chi connectivity index (χ0v) is 8.89. The smallest absolute Gasteiger partial charge is 0.138 e. The standard InChI is InChI=1S/C11H10ClNO2/c1-2-3-4-8-5-9(12)7-10(6-8)13-11(14)15/h5-7,13H,2H2,1H3,(H,14,15)/p-1. The Morgan fingerprint density at radius 2 is 2.27 bits per heavy atom. The van der Waals surface area contributed by atoms with E-state index in [1.54, 1.807) is 12.1 Å². The molecule has 1 aromatic carbocycles. The Hall–Kier alpha value is -1.66. The minimum absolute atomic E-state index is 0.364. The van der Waals surface area contributed by atoms with Crippen LogP contribution in [0.3, 0.4) is 0 Å². The zero-order valence-electron chi connectivity index (χ0n) is 8.13. The first kappa shape index (κ1) is 11.4. The fourth-order valence-corrected chi connectivity index (χ4v) is 1.28. The molecule has 0 bridgehead atoms. The number of carboxylic acid groups (broad SMARTS) is 1. The topological polar surface area (TPSA) is 52.2 Å². The van der Waals surface area contributed by atoms with E-state index in [2.05, 4.69) is 17.2 Å². The number of carbonyl (C=O) groups is 1. The largest absolute Gasteiger partial charge is 0.530 e. The summed E-state index contributed by atoms with van der Waals surface area (Å²) in [5, 5.41) is 12.9. The van der Waals surface area contributed by atoms with Gasteiger partial charge in [-0.25, -0.2) is 0 Å². The second-order valence-corrected chi connectivity index (χ2v) is 3.23. The van der Waals surface area contributed by atoms with E-state index >= 15 is 0 Å². The van der Waals surface area contributed by atoms with E-state index in [1.807, 2.05) is 6.92 Å². The third-order valence-electron chi connectivity index (χ3n) is 1.55. The summed E-state index contributed by atoms with van der Waals surface area (Å²) in [5.74, 6) is 5.73. The van der Waals surface area contributed by atoms with Gasteiger partial charge in [-0.3, -0.25) is 0 Å². The van der Waals surface area contributed by atoms with Gasteiger partial charge in [-0.15, -0.1) is 0 Å². The SMILES string of the molecule is CCC#Cc1cc(Cl)cc(NC(=O)[O-])c1. The maximum absolute atomic E-state index is 10.3. The van der Waals surface area contributed by atoms with Crippen LogP contribution in [0.1, 0.15) is 18.9 Å². The van der Waals surface area contributed by atoms with E-state index < -0.39 is 6.09 Å². The van der Waals surface area contributed by atoms with Crippen molar-refractivity contribution < 1.29 is 9.90 Å². The number of nitrogens with one attached hydrogen (secondary N) is 1. The molecule has 1 amide bonds. The lowest BCUT2D eigenvalue weighted by Crippen LogP contribution is -2.28. The Balaban J connectivity index is 2.99. The Bertz CT molecular complexity index is 432. The van der Waals surface area contributed by atoms with Crippen LogP contribution in [-0.2, 0) is 0 Å². The zero-order chi connectivity index (χ0) is 11.3. The van der Waals surface area contributed by atoms with E-state index in [1.165, 1.54) is 6.07 Å². The van der Waals surface area contributed by atoms with Crippen molar-refractivity contribution in [1.82, 2.24) is 0 Å². The van der Waals surface area contributed by atoms with Crippen molar-refractivity contribution in [2.45, 2.75) is 13.3 Å². The highest BCUT2D eigenvalue weighted by atomic mass is 35.5. The van der Waals surface area contributed by atoms with Gasteiger partial charge in [-0.1, -0.05) is 30.4 Å². The second kappa shape index (κ2) is 5.28. The van der Waals surface area contributed by atoms with Gasteiger partial charge in [0.05, 0.1) is 0 Å². The average molecular weight is 223 g/mol. The van der Waals surface area contributed by atoms with Gasteiger partial charge in [0, 0.05) is 22.7 Å². The molecule has 0 radical (unpaired) electrons. The van der Waals surface area contributed by atoms with E-state index in [0.717, 1.165) is 6.42 Å². The fourth-order valence-electron chi connectivity index (χ4n) is 1.04. The van der Waals surface area contributed by atoms with Crippen LogP contribution in [0.4, 0.5) is 10.5 Å². The molecule has 0 aliphatic carbocycles. The van der Waals surface area contributed by atoms with E-state index in [4.69, 9.17) is 11.6 Å². The van der Waals surface area contributed by atoms with Crippen molar-refractivity contribution in [1.29, 1.82) is 0 Å². The maximum atomic E-state index is 10.3. The number of halogens is 1. The van der Waals surface area contributed by atoms with Gasteiger partial charge in [0.15, 0.2) is 0 Å². The molecule has 0 heterocycles. The normalized spacial score (nSPS) is 8.93. The molecule has 0 aromatic heterocycles. The third-order valence-corrected chi connectivity index (χ3v) is 1.77. The number of rotatable bonds is 1. The summed E-state index contributed by atoms with van der Waals surface area (Å²) in [5.41, 5.74) is 1.04. The number of benzene rings is 1. The van der Waals surface area contributed by atoms with Crippen LogP contribution >= 0.6 is 11.6 Å². The van der Waals surface area contributed by atoms with Crippen molar-refractivity contribution >= 4 is 23.4 Å². The lowest BCUT2D eigenvalue weighted by molar-refractivity contribution is -0.242. The van der Waals surface area contributed by atoms with Crippen molar-refractivity contribution in [3.05, 3.63) is 28.8 Å². The molecule has 0 aliphatic rings. The molecule has 0 atom stereocenters. The summed E-state index contributed by atoms with van der Waals surface area (Å²) >= 11 is 5.79. The summed E-state index contributed by atoms with van der Waals surface area (Å²) < 4.78 is 0. The average Bonchev–Trinajstić information content (AvgIpc) is 2.12. The summed E-state index contributed by atoms with van der Waals surface area (Å²) in [4.78, 5) is 10.3. The first-order valence-electron chi connectivity index (χ1n) is 4.39. The van der Waals surface area contributed by atoms with E-state index in [9.17, 15) is 9.90 Å². The summed E-state index contributed by atoms with van der Waals surface area (Å²) in [7, 11) is 0. The first-order chi connectivity index (χ1) is 7.11. The van der Waals surface area contributed by atoms with Gasteiger partial charge in [-0.05, 0) is 18.2 Å².